The van der Waals surface area contributed by atoms with E-state index in [1.807, 2.05) is 0 Å². The molecule has 0 bridgehead atoms. The second-order valence-electron chi connectivity index (χ2n) is 2.91. The summed E-state index contributed by atoms with van der Waals surface area (Å²) in [6, 6.07) is 1.37. The van der Waals surface area contributed by atoms with Crippen molar-refractivity contribution in [2.24, 2.45) is 0 Å². The average molecular weight is 204 g/mol. The van der Waals surface area contributed by atoms with Crippen LogP contribution in [0.4, 0.5) is 5.69 Å². The van der Waals surface area contributed by atoms with E-state index in [0.717, 1.165) is 0 Å². The number of nitrogen functional groups attached to an aromatic ring is 1. The summed E-state index contributed by atoms with van der Waals surface area (Å²) in [7, 11) is 0. The molecule has 0 radical (unpaired) electrons. The van der Waals surface area contributed by atoms with Crippen molar-refractivity contribution in [3.63, 3.8) is 0 Å². The molecule has 0 aliphatic rings. The molecule has 2 rings (SSSR count). The molecule has 0 fully saturated rings. The Labute approximate surface area is 85.0 Å². The number of carbonyl (C=O) groups is 1. The van der Waals surface area contributed by atoms with E-state index in [-0.39, 0.29) is 5.56 Å². The normalized spacial score (nSPS) is 10.1. The minimum atomic E-state index is -1.07. The van der Waals surface area contributed by atoms with E-state index in [4.69, 9.17) is 10.8 Å². The van der Waals surface area contributed by atoms with Gasteiger partial charge in [-0.15, -0.1) is 0 Å². The van der Waals surface area contributed by atoms with Crippen molar-refractivity contribution in [2.75, 3.05) is 5.73 Å². The van der Waals surface area contributed by atoms with Crippen LogP contribution in [0.25, 0.3) is 5.82 Å². The zero-order valence-corrected chi connectivity index (χ0v) is 7.66. The Kier molecular flexibility index (Phi) is 2.09. The zero-order chi connectivity index (χ0) is 10.8. The SMILES string of the molecule is Nc1cnc(-n2ccnc2)c(C(=O)O)c1. The summed E-state index contributed by atoms with van der Waals surface area (Å²) >= 11 is 0. The van der Waals surface area contributed by atoms with Crippen LogP contribution in [0.2, 0.25) is 0 Å². The molecule has 0 amide bonds. The van der Waals surface area contributed by atoms with Gasteiger partial charge in [-0.1, -0.05) is 0 Å². The second-order valence-corrected chi connectivity index (χ2v) is 2.91. The lowest BCUT2D eigenvalue weighted by Crippen LogP contribution is -2.07. The lowest BCUT2D eigenvalue weighted by Gasteiger charge is -2.05. The Morgan fingerprint density at radius 3 is 2.93 bits per heavy atom. The average Bonchev–Trinajstić information content (AvgIpc) is 2.70. The molecule has 6 nitrogen and oxygen atoms in total. The van der Waals surface area contributed by atoms with Crippen molar-refractivity contribution in [2.45, 2.75) is 0 Å². The number of rotatable bonds is 2. The Morgan fingerprint density at radius 2 is 2.33 bits per heavy atom. The molecule has 0 aliphatic heterocycles. The first-order chi connectivity index (χ1) is 7.18. The number of nitrogens with zero attached hydrogens (tertiary/aromatic N) is 3. The highest BCUT2D eigenvalue weighted by Gasteiger charge is 2.12. The largest absolute Gasteiger partial charge is 0.478 e. The molecule has 76 valence electrons. The van der Waals surface area contributed by atoms with E-state index in [0.29, 0.717) is 11.5 Å². The van der Waals surface area contributed by atoms with Gasteiger partial charge in [0.05, 0.1) is 11.9 Å². The quantitative estimate of drug-likeness (QED) is 0.744. The Morgan fingerprint density at radius 1 is 1.53 bits per heavy atom. The van der Waals surface area contributed by atoms with Gasteiger partial charge in [-0.25, -0.2) is 14.8 Å². The van der Waals surface area contributed by atoms with Gasteiger partial charge in [0.2, 0.25) is 0 Å². The fourth-order valence-corrected chi connectivity index (χ4v) is 1.22. The van der Waals surface area contributed by atoms with E-state index in [1.54, 1.807) is 12.4 Å². The molecule has 0 saturated heterocycles. The van der Waals surface area contributed by atoms with E-state index in [9.17, 15) is 4.79 Å². The molecule has 3 N–H and O–H groups in total. The van der Waals surface area contributed by atoms with Gasteiger partial charge in [0.15, 0.2) is 5.82 Å². The Balaban J connectivity index is 2.61. The third-order valence-corrected chi connectivity index (χ3v) is 1.87. The third-order valence-electron chi connectivity index (χ3n) is 1.87. The second kappa shape index (κ2) is 3.41. The molecule has 0 aromatic carbocycles. The Bertz CT molecular complexity index is 493. The first-order valence-electron chi connectivity index (χ1n) is 4.15. The smallest absolute Gasteiger partial charge is 0.339 e. The first kappa shape index (κ1) is 9.20. The summed E-state index contributed by atoms with van der Waals surface area (Å²) in [5, 5.41) is 8.96. The number of anilines is 1. The van der Waals surface area contributed by atoms with Gasteiger partial charge in [0.1, 0.15) is 11.9 Å². The molecule has 0 saturated carbocycles. The number of aromatic nitrogens is 3. The molecule has 6 heteroatoms. The van der Waals surface area contributed by atoms with Crippen LogP contribution in [-0.2, 0) is 0 Å². The number of aromatic carboxylic acids is 1. The fourth-order valence-electron chi connectivity index (χ4n) is 1.22. The molecule has 0 spiro atoms. The van der Waals surface area contributed by atoms with Crippen LogP contribution in [-0.4, -0.2) is 25.6 Å². The van der Waals surface area contributed by atoms with Crippen LogP contribution in [0, 0.1) is 0 Å². The predicted octanol–water partition coefficient (Wildman–Crippen LogP) is 0.548. The molecular weight excluding hydrogens is 196 g/mol. The standard InChI is InChI=1S/C9H8N4O2/c10-6-3-7(9(14)15)8(12-4-6)13-2-1-11-5-13/h1-5H,10H2,(H,14,15). The fraction of sp³-hybridized carbons (Fsp3) is 0. The molecular formula is C9H8N4O2. The number of hydrogen-bond acceptors (Lipinski definition) is 4. The van der Waals surface area contributed by atoms with Crippen molar-refractivity contribution in [3.05, 3.63) is 36.5 Å². The van der Waals surface area contributed by atoms with E-state index < -0.39 is 5.97 Å². The summed E-state index contributed by atoms with van der Waals surface area (Å²) in [6.45, 7) is 0. The van der Waals surface area contributed by atoms with Crippen LogP contribution >= 0.6 is 0 Å². The molecule has 2 aromatic rings. The lowest BCUT2D eigenvalue weighted by molar-refractivity contribution is 0.0696. The minimum Gasteiger partial charge on any atom is -0.478 e. The van der Waals surface area contributed by atoms with Gasteiger partial charge in [0, 0.05) is 12.4 Å². The molecule has 0 unspecified atom stereocenters. The van der Waals surface area contributed by atoms with E-state index in [1.165, 1.54) is 23.2 Å². The zero-order valence-electron chi connectivity index (χ0n) is 7.66. The maximum absolute atomic E-state index is 10.9. The summed E-state index contributed by atoms with van der Waals surface area (Å²) < 4.78 is 1.52. The van der Waals surface area contributed by atoms with Crippen molar-refractivity contribution in [1.29, 1.82) is 0 Å². The van der Waals surface area contributed by atoms with Crippen LogP contribution in [0.15, 0.2) is 31.0 Å². The van der Waals surface area contributed by atoms with Crippen molar-refractivity contribution in [1.82, 2.24) is 14.5 Å². The van der Waals surface area contributed by atoms with Crippen LogP contribution < -0.4 is 5.73 Å². The maximum atomic E-state index is 10.9. The van der Waals surface area contributed by atoms with Crippen LogP contribution in [0.1, 0.15) is 10.4 Å². The van der Waals surface area contributed by atoms with Gasteiger partial charge in [0.25, 0.3) is 0 Å². The highest BCUT2D eigenvalue weighted by atomic mass is 16.4. The van der Waals surface area contributed by atoms with Gasteiger partial charge < -0.3 is 10.8 Å². The van der Waals surface area contributed by atoms with E-state index >= 15 is 0 Å². The van der Waals surface area contributed by atoms with Gasteiger partial charge in [-0.05, 0) is 6.07 Å². The van der Waals surface area contributed by atoms with Crippen molar-refractivity contribution < 1.29 is 9.90 Å². The van der Waals surface area contributed by atoms with Crippen molar-refractivity contribution in [3.8, 4) is 5.82 Å². The molecule has 0 atom stereocenters. The van der Waals surface area contributed by atoms with E-state index in [2.05, 4.69) is 9.97 Å². The monoisotopic (exact) mass is 204 g/mol. The topological polar surface area (TPSA) is 94.0 Å². The number of hydrogen-bond donors (Lipinski definition) is 2. The van der Waals surface area contributed by atoms with Gasteiger partial charge in [-0.3, -0.25) is 4.57 Å². The van der Waals surface area contributed by atoms with Crippen LogP contribution in [0.3, 0.4) is 0 Å². The number of carboxylic acid groups (broad SMARTS) is 1. The predicted molar refractivity (Wildman–Crippen MR) is 52.7 cm³/mol. The molecule has 0 aliphatic carbocycles. The van der Waals surface area contributed by atoms with Gasteiger partial charge >= 0.3 is 5.97 Å². The van der Waals surface area contributed by atoms with Gasteiger partial charge in [-0.2, -0.15) is 0 Å². The summed E-state index contributed by atoms with van der Waals surface area (Å²) in [5.41, 5.74) is 5.83. The lowest BCUT2D eigenvalue weighted by atomic mass is 10.2. The highest BCUT2D eigenvalue weighted by Crippen LogP contribution is 2.14. The van der Waals surface area contributed by atoms with Crippen molar-refractivity contribution >= 4 is 11.7 Å². The van der Waals surface area contributed by atoms with Crippen LogP contribution in [0.5, 0.6) is 0 Å². The number of pyridine rings is 1. The molecule has 2 aromatic heterocycles. The summed E-state index contributed by atoms with van der Waals surface area (Å²) in [4.78, 5) is 18.7. The third kappa shape index (κ3) is 1.64. The summed E-state index contributed by atoms with van der Waals surface area (Å²) in [5.74, 6) is -0.771. The first-order valence-corrected chi connectivity index (χ1v) is 4.15. The minimum absolute atomic E-state index is 0.0491. The number of carboxylic acids is 1. The highest BCUT2D eigenvalue weighted by molar-refractivity contribution is 5.92. The number of nitrogens with two attached hydrogens (primary N) is 1. The summed E-state index contributed by atoms with van der Waals surface area (Å²) in [6.07, 6.45) is 6.04. The molecule has 2 heterocycles. The number of imidazole rings is 1. The maximum Gasteiger partial charge on any atom is 0.339 e. The Hall–Kier alpha value is -2.37. The molecule has 15 heavy (non-hydrogen) atoms.